The lowest BCUT2D eigenvalue weighted by Gasteiger charge is -2.32. The van der Waals surface area contributed by atoms with Gasteiger partial charge in [0.15, 0.2) is 0 Å². The van der Waals surface area contributed by atoms with Gasteiger partial charge in [-0.15, -0.1) is 0 Å². The Hall–Kier alpha value is -2.98. The second-order valence-corrected chi connectivity index (χ2v) is 9.55. The summed E-state index contributed by atoms with van der Waals surface area (Å²) in [6, 6.07) is 12.8. The van der Waals surface area contributed by atoms with E-state index in [9.17, 15) is 23.3 Å². The number of amides is 1. The molecule has 0 bridgehead atoms. The third-order valence-electron chi connectivity index (χ3n) is 5.75. The molecule has 1 heterocycles. The molecule has 1 aliphatic heterocycles. The summed E-state index contributed by atoms with van der Waals surface area (Å²) in [5.41, 5.74) is 1.17. The fraction of sp³-hybridized carbons (Fsp3) is 0.409. The molecule has 0 radical (unpaired) electrons. The number of nitrogens with one attached hydrogen (secondary N) is 1. The number of nitrogens with zero attached hydrogens (tertiary/aromatic N) is 3. The minimum atomic E-state index is -3.54. The zero-order valence-electron chi connectivity index (χ0n) is 18.2. The number of benzene rings is 2. The molecule has 0 atom stereocenters. The molecule has 0 aliphatic carbocycles. The number of nitro groups is 1. The van der Waals surface area contributed by atoms with E-state index in [2.05, 4.69) is 5.32 Å². The number of hydrogen-bond donors (Lipinski definition) is 1. The quantitative estimate of drug-likeness (QED) is 0.477. The summed E-state index contributed by atoms with van der Waals surface area (Å²) in [5, 5.41) is 14.1. The monoisotopic (exact) mass is 460 g/mol. The van der Waals surface area contributed by atoms with E-state index in [-0.39, 0.29) is 22.4 Å². The molecule has 2 aromatic rings. The van der Waals surface area contributed by atoms with E-state index in [4.69, 9.17) is 0 Å². The van der Waals surface area contributed by atoms with E-state index in [0.29, 0.717) is 50.4 Å². The van der Waals surface area contributed by atoms with E-state index in [0.717, 1.165) is 0 Å². The van der Waals surface area contributed by atoms with Crippen molar-refractivity contribution in [2.24, 2.45) is 5.92 Å². The molecule has 1 aliphatic rings. The van der Waals surface area contributed by atoms with Crippen molar-refractivity contribution in [3.63, 3.8) is 0 Å². The van der Waals surface area contributed by atoms with Crippen LogP contribution in [0.25, 0.3) is 0 Å². The van der Waals surface area contributed by atoms with Gasteiger partial charge in [-0.3, -0.25) is 14.9 Å². The summed E-state index contributed by atoms with van der Waals surface area (Å²) in [6.45, 7) is 5.45. The van der Waals surface area contributed by atoms with Crippen LogP contribution in [0.3, 0.4) is 0 Å². The Kier molecular flexibility index (Phi) is 7.47. The Morgan fingerprint density at radius 1 is 1.09 bits per heavy atom. The molecule has 1 N–H and O–H groups in total. The lowest BCUT2D eigenvalue weighted by Crippen LogP contribution is -2.38. The van der Waals surface area contributed by atoms with Gasteiger partial charge in [0.25, 0.3) is 5.69 Å². The number of anilines is 2. The van der Waals surface area contributed by atoms with Crippen LogP contribution < -0.4 is 10.2 Å². The number of carbonyl (C=O) groups excluding carboxylic acids is 1. The van der Waals surface area contributed by atoms with Crippen LogP contribution in [0.5, 0.6) is 0 Å². The van der Waals surface area contributed by atoms with Crippen LogP contribution in [0.2, 0.25) is 0 Å². The van der Waals surface area contributed by atoms with E-state index in [1.165, 1.54) is 22.5 Å². The molecular formula is C22H28N4O5S. The molecule has 1 amide bonds. The van der Waals surface area contributed by atoms with Gasteiger partial charge < -0.3 is 10.2 Å². The molecule has 3 rings (SSSR count). The molecule has 2 aromatic carbocycles. The van der Waals surface area contributed by atoms with Crippen LogP contribution in [0.4, 0.5) is 17.1 Å². The molecule has 1 fully saturated rings. The molecule has 10 heteroatoms. The van der Waals surface area contributed by atoms with Gasteiger partial charge in [0.2, 0.25) is 15.9 Å². The average molecular weight is 461 g/mol. The van der Waals surface area contributed by atoms with Crippen LogP contribution in [0.15, 0.2) is 53.4 Å². The van der Waals surface area contributed by atoms with E-state index in [1.807, 2.05) is 4.90 Å². The van der Waals surface area contributed by atoms with Crippen LogP contribution >= 0.6 is 0 Å². The van der Waals surface area contributed by atoms with E-state index in [1.54, 1.807) is 44.2 Å². The third kappa shape index (κ3) is 5.08. The summed E-state index contributed by atoms with van der Waals surface area (Å²) in [6.07, 6.45) is 1.15. The zero-order valence-corrected chi connectivity index (χ0v) is 19.0. The first kappa shape index (κ1) is 23.7. The molecule has 9 nitrogen and oxygen atoms in total. The first-order valence-electron chi connectivity index (χ1n) is 10.7. The summed E-state index contributed by atoms with van der Waals surface area (Å²) in [4.78, 5) is 25.7. The van der Waals surface area contributed by atoms with Crippen LogP contribution in [-0.2, 0) is 14.8 Å². The Balaban J connectivity index is 1.60. The third-order valence-corrected chi connectivity index (χ3v) is 7.81. The van der Waals surface area contributed by atoms with E-state index >= 15 is 0 Å². The van der Waals surface area contributed by atoms with Crippen LogP contribution in [0, 0.1) is 16.0 Å². The van der Waals surface area contributed by atoms with Crippen LogP contribution in [-0.4, -0.2) is 49.7 Å². The number of nitro benzene ring substituents is 1. The van der Waals surface area contributed by atoms with Gasteiger partial charge in [0.1, 0.15) is 5.69 Å². The first-order chi connectivity index (χ1) is 15.3. The van der Waals surface area contributed by atoms with Crippen molar-refractivity contribution in [1.82, 2.24) is 4.31 Å². The van der Waals surface area contributed by atoms with Crippen molar-refractivity contribution in [1.29, 1.82) is 0 Å². The Bertz CT molecular complexity index is 1060. The molecule has 32 heavy (non-hydrogen) atoms. The molecular weight excluding hydrogens is 432 g/mol. The topological polar surface area (TPSA) is 113 Å². The number of rotatable bonds is 8. The number of sulfonamides is 1. The molecule has 0 unspecified atom stereocenters. The minimum Gasteiger partial charge on any atom is -0.366 e. The predicted octanol–water partition coefficient (Wildman–Crippen LogP) is 3.48. The van der Waals surface area contributed by atoms with Crippen molar-refractivity contribution < 1.29 is 18.1 Å². The number of piperidine rings is 1. The highest BCUT2D eigenvalue weighted by atomic mass is 32.2. The minimum absolute atomic E-state index is 0.0650. The lowest BCUT2D eigenvalue weighted by molar-refractivity contribution is -0.384. The molecule has 0 aromatic heterocycles. The van der Waals surface area contributed by atoms with E-state index < -0.39 is 14.9 Å². The standard InChI is InChI=1S/C22H28N4O5S/c1-3-25(4-2)32(30,31)19-11-9-18(10-12-19)23-22(27)17-13-15-24(16-14-17)20-7-5-6-8-21(20)26(28)29/h5-12,17H,3-4,13-16H2,1-2H3,(H,23,27). The van der Waals surface area contributed by atoms with Gasteiger partial charge in [-0.2, -0.15) is 4.31 Å². The molecule has 0 spiro atoms. The maximum atomic E-state index is 12.7. The summed E-state index contributed by atoms with van der Waals surface area (Å²) < 4.78 is 26.5. The second-order valence-electron chi connectivity index (χ2n) is 7.61. The van der Waals surface area contributed by atoms with Crippen molar-refractivity contribution >= 4 is 33.0 Å². The zero-order chi connectivity index (χ0) is 23.3. The Morgan fingerprint density at radius 3 is 2.25 bits per heavy atom. The second kappa shape index (κ2) is 10.1. The first-order valence-corrected chi connectivity index (χ1v) is 12.1. The highest BCUT2D eigenvalue weighted by Gasteiger charge is 2.28. The average Bonchev–Trinajstić information content (AvgIpc) is 2.80. The number of hydrogen-bond acceptors (Lipinski definition) is 6. The van der Waals surface area contributed by atoms with Gasteiger partial charge in [0, 0.05) is 43.9 Å². The Labute approximate surface area is 188 Å². The van der Waals surface area contributed by atoms with Gasteiger partial charge in [-0.25, -0.2) is 8.42 Å². The van der Waals surface area contributed by atoms with Crippen molar-refractivity contribution in [2.75, 3.05) is 36.4 Å². The maximum Gasteiger partial charge on any atom is 0.292 e. The van der Waals surface area contributed by atoms with Crippen molar-refractivity contribution in [2.45, 2.75) is 31.6 Å². The lowest BCUT2D eigenvalue weighted by atomic mass is 9.95. The number of carbonyl (C=O) groups is 1. The van der Waals surface area contributed by atoms with Gasteiger partial charge in [0.05, 0.1) is 9.82 Å². The van der Waals surface area contributed by atoms with Gasteiger partial charge in [-0.1, -0.05) is 26.0 Å². The largest absolute Gasteiger partial charge is 0.366 e. The molecule has 172 valence electrons. The summed E-state index contributed by atoms with van der Waals surface area (Å²) in [7, 11) is -3.54. The Morgan fingerprint density at radius 2 is 1.69 bits per heavy atom. The predicted molar refractivity (Wildman–Crippen MR) is 123 cm³/mol. The van der Waals surface area contributed by atoms with Crippen molar-refractivity contribution in [3.05, 3.63) is 58.6 Å². The maximum absolute atomic E-state index is 12.7. The summed E-state index contributed by atoms with van der Waals surface area (Å²) in [5.74, 6) is -0.348. The molecule has 1 saturated heterocycles. The number of para-hydroxylation sites is 2. The van der Waals surface area contributed by atoms with Crippen molar-refractivity contribution in [3.8, 4) is 0 Å². The highest BCUT2D eigenvalue weighted by Crippen LogP contribution is 2.31. The fourth-order valence-corrected chi connectivity index (χ4v) is 5.39. The molecule has 0 saturated carbocycles. The fourth-order valence-electron chi connectivity index (χ4n) is 3.94. The SMILES string of the molecule is CCN(CC)S(=O)(=O)c1ccc(NC(=O)C2CCN(c3ccccc3[N+](=O)[O-])CC2)cc1. The summed E-state index contributed by atoms with van der Waals surface area (Å²) >= 11 is 0. The van der Waals surface area contributed by atoms with Crippen LogP contribution in [0.1, 0.15) is 26.7 Å². The smallest absolute Gasteiger partial charge is 0.292 e. The van der Waals surface area contributed by atoms with Gasteiger partial charge in [-0.05, 0) is 43.2 Å². The highest BCUT2D eigenvalue weighted by molar-refractivity contribution is 7.89. The normalized spacial score (nSPS) is 15.0. The van der Waals surface area contributed by atoms with Gasteiger partial charge >= 0.3 is 0 Å².